The summed E-state index contributed by atoms with van der Waals surface area (Å²) in [6, 6.07) is 1.77. The molecule has 1 heterocycles. The minimum Gasteiger partial charge on any atom is -0.395 e. The van der Waals surface area contributed by atoms with E-state index in [4.69, 9.17) is 5.11 Å². The van der Waals surface area contributed by atoms with E-state index in [0.29, 0.717) is 6.54 Å². The molecule has 1 rings (SSSR count). The summed E-state index contributed by atoms with van der Waals surface area (Å²) >= 11 is 0. The van der Waals surface area contributed by atoms with Gasteiger partial charge in [-0.1, -0.05) is 0 Å². The molecule has 1 N–H and O–H groups in total. The Bertz CT molecular complexity index is 376. The molecule has 0 aliphatic heterocycles. The Hall–Kier alpha value is -1.08. The van der Waals surface area contributed by atoms with Crippen molar-refractivity contribution in [3.8, 4) is 0 Å². The number of aryl methyl sites for hydroxylation is 2. The molecule has 0 aromatic carbocycles. The van der Waals surface area contributed by atoms with E-state index in [1.807, 2.05) is 6.92 Å². The summed E-state index contributed by atoms with van der Waals surface area (Å²) < 4.78 is 38.8. The van der Waals surface area contributed by atoms with Crippen LogP contribution in [0, 0.1) is 6.92 Å². The number of nitrogens with zero attached hydrogens (tertiary/aromatic N) is 3. The highest BCUT2D eigenvalue weighted by atomic mass is 19.4. The highest BCUT2D eigenvalue weighted by Crippen LogP contribution is 2.18. The Morgan fingerprint density at radius 2 is 2.11 bits per heavy atom. The standard InChI is InChI=1S/C11H18F3N3O/c1-3-17-10(6-9(2)15-17)7-16(4-5-18)8-11(12,13)14/h6,18H,3-5,7-8H2,1-2H3. The summed E-state index contributed by atoms with van der Waals surface area (Å²) in [6.45, 7) is 3.10. The van der Waals surface area contributed by atoms with E-state index in [1.165, 1.54) is 4.90 Å². The first-order valence-corrected chi connectivity index (χ1v) is 5.79. The maximum absolute atomic E-state index is 12.4. The van der Waals surface area contributed by atoms with Crippen LogP contribution in [0.15, 0.2) is 6.07 Å². The average molecular weight is 265 g/mol. The molecule has 0 aliphatic carbocycles. The fourth-order valence-electron chi connectivity index (χ4n) is 1.84. The van der Waals surface area contributed by atoms with Crippen LogP contribution in [0.3, 0.4) is 0 Å². The number of aromatic nitrogens is 2. The van der Waals surface area contributed by atoms with Crippen LogP contribution in [-0.4, -0.2) is 45.7 Å². The van der Waals surface area contributed by atoms with Gasteiger partial charge in [0.05, 0.1) is 24.5 Å². The minimum atomic E-state index is -4.26. The molecule has 7 heteroatoms. The first-order valence-electron chi connectivity index (χ1n) is 5.79. The van der Waals surface area contributed by atoms with Gasteiger partial charge in [0.2, 0.25) is 0 Å². The minimum absolute atomic E-state index is 0.00650. The van der Waals surface area contributed by atoms with Crippen LogP contribution >= 0.6 is 0 Å². The van der Waals surface area contributed by atoms with Gasteiger partial charge in [0.25, 0.3) is 0 Å². The fraction of sp³-hybridized carbons (Fsp3) is 0.727. The van der Waals surface area contributed by atoms with Gasteiger partial charge in [-0.3, -0.25) is 9.58 Å². The van der Waals surface area contributed by atoms with Gasteiger partial charge in [-0.05, 0) is 19.9 Å². The molecule has 0 spiro atoms. The van der Waals surface area contributed by atoms with Gasteiger partial charge in [0.15, 0.2) is 0 Å². The third kappa shape index (κ3) is 4.66. The molecule has 0 amide bonds. The van der Waals surface area contributed by atoms with Crippen molar-refractivity contribution in [3.05, 3.63) is 17.5 Å². The Labute approximate surface area is 104 Å². The summed E-state index contributed by atoms with van der Waals surface area (Å²) in [4.78, 5) is 1.17. The molecular weight excluding hydrogens is 247 g/mol. The zero-order valence-corrected chi connectivity index (χ0v) is 10.5. The van der Waals surface area contributed by atoms with Gasteiger partial charge in [0.1, 0.15) is 0 Å². The zero-order chi connectivity index (χ0) is 13.8. The van der Waals surface area contributed by atoms with E-state index in [0.717, 1.165) is 11.4 Å². The number of aliphatic hydroxyl groups is 1. The molecule has 0 radical (unpaired) electrons. The third-order valence-corrected chi connectivity index (χ3v) is 2.49. The fourth-order valence-corrected chi connectivity index (χ4v) is 1.84. The second-order valence-electron chi connectivity index (χ2n) is 4.14. The normalized spacial score (nSPS) is 12.4. The van der Waals surface area contributed by atoms with E-state index in [9.17, 15) is 13.2 Å². The molecule has 18 heavy (non-hydrogen) atoms. The number of aliphatic hydroxyl groups excluding tert-OH is 1. The lowest BCUT2D eigenvalue weighted by molar-refractivity contribution is -0.148. The molecule has 0 bridgehead atoms. The number of rotatable bonds is 6. The van der Waals surface area contributed by atoms with Crippen LogP contribution in [0.1, 0.15) is 18.3 Å². The quantitative estimate of drug-likeness (QED) is 0.849. The van der Waals surface area contributed by atoms with Crippen molar-refractivity contribution in [3.63, 3.8) is 0 Å². The van der Waals surface area contributed by atoms with Crippen molar-refractivity contribution in [2.24, 2.45) is 0 Å². The van der Waals surface area contributed by atoms with Crippen molar-refractivity contribution in [1.82, 2.24) is 14.7 Å². The van der Waals surface area contributed by atoms with Crippen molar-refractivity contribution >= 4 is 0 Å². The lowest BCUT2D eigenvalue weighted by Crippen LogP contribution is -2.36. The van der Waals surface area contributed by atoms with Crippen LogP contribution in [0.5, 0.6) is 0 Å². The highest BCUT2D eigenvalue weighted by Gasteiger charge is 2.30. The van der Waals surface area contributed by atoms with Crippen molar-refractivity contribution in [2.75, 3.05) is 19.7 Å². The maximum Gasteiger partial charge on any atom is 0.401 e. The summed E-state index contributed by atoms with van der Waals surface area (Å²) in [5.74, 6) is 0. The molecule has 0 saturated carbocycles. The Morgan fingerprint density at radius 3 is 2.61 bits per heavy atom. The molecule has 0 fully saturated rings. The molecule has 0 aliphatic rings. The molecular formula is C11H18F3N3O. The number of alkyl halides is 3. The SMILES string of the molecule is CCn1nc(C)cc1CN(CCO)CC(F)(F)F. The van der Waals surface area contributed by atoms with Gasteiger partial charge < -0.3 is 5.11 Å². The van der Waals surface area contributed by atoms with Crippen molar-refractivity contribution in [1.29, 1.82) is 0 Å². The maximum atomic E-state index is 12.4. The van der Waals surface area contributed by atoms with Crippen LogP contribution in [-0.2, 0) is 13.1 Å². The first-order chi connectivity index (χ1) is 8.35. The second-order valence-corrected chi connectivity index (χ2v) is 4.14. The van der Waals surface area contributed by atoms with E-state index in [2.05, 4.69) is 5.10 Å². The predicted octanol–water partition coefficient (Wildman–Crippen LogP) is 1.57. The van der Waals surface area contributed by atoms with Crippen molar-refractivity contribution in [2.45, 2.75) is 33.1 Å². The molecule has 104 valence electrons. The lowest BCUT2D eigenvalue weighted by Gasteiger charge is -2.22. The van der Waals surface area contributed by atoms with Gasteiger partial charge in [0, 0.05) is 19.6 Å². The molecule has 1 aromatic rings. The summed E-state index contributed by atoms with van der Waals surface area (Å²) in [5, 5.41) is 13.0. The van der Waals surface area contributed by atoms with E-state index in [1.54, 1.807) is 17.7 Å². The zero-order valence-electron chi connectivity index (χ0n) is 10.5. The average Bonchev–Trinajstić information content (AvgIpc) is 2.56. The van der Waals surface area contributed by atoms with Crippen molar-refractivity contribution < 1.29 is 18.3 Å². The summed E-state index contributed by atoms with van der Waals surface area (Å²) in [6.07, 6.45) is -4.26. The lowest BCUT2D eigenvalue weighted by atomic mass is 10.3. The molecule has 0 saturated heterocycles. The topological polar surface area (TPSA) is 41.3 Å². The smallest absolute Gasteiger partial charge is 0.395 e. The van der Waals surface area contributed by atoms with E-state index < -0.39 is 12.7 Å². The van der Waals surface area contributed by atoms with E-state index in [-0.39, 0.29) is 19.7 Å². The number of hydrogen-bond acceptors (Lipinski definition) is 3. The summed E-state index contributed by atoms with van der Waals surface area (Å²) in [7, 11) is 0. The van der Waals surface area contributed by atoms with Crippen LogP contribution in [0.2, 0.25) is 0 Å². The first kappa shape index (κ1) is 15.0. The van der Waals surface area contributed by atoms with E-state index >= 15 is 0 Å². The van der Waals surface area contributed by atoms with Gasteiger partial charge in [-0.15, -0.1) is 0 Å². The Morgan fingerprint density at radius 1 is 1.44 bits per heavy atom. The van der Waals surface area contributed by atoms with Crippen LogP contribution in [0.25, 0.3) is 0 Å². The summed E-state index contributed by atoms with van der Waals surface area (Å²) in [5.41, 5.74) is 1.51. The highest BCUT2D eigenvalue weighted by molar-refractivity contribution is 5.08. The molecule has 4 nitrogen and oxygen atoms in total. The molecule has 0 unspecified atom stereocenters. The largest absolute Gasteiger partial charge is 0.401 e. The number of halogens is 3. The predicted molar refractivity (Wildman–Crippen MR) is 61.1 cm³/mol. The second kappa shape index (κ2) is 6.19. The van der Waals surface area contributed by atoms with Gasteiger partial charge >= 0.3 is 6.18 Å². The number of hydrogen-bond donors (Lipinski definition) is 1. The third-order valence-electron chi connectivity index (χ3n) is 2.49. The molecule has 0 atom stereocenters. The monoisotopic (exact) mass is 265 g/mol. The van der Waals surface area contributed by atoms with Gasteiger partial charge in [-0.2, -0.15) is 18.3 Å². The van der Waals surface area contributed by atoms with Crippen LogP contribution in [0.4, 0.5) is 13.2 Å². The van der Waals surface area contributed by atoms with Crippen LogP contribution < -0.4 is 0 Å². The molecule has 1 aromatic heterocycles. The van der Waals surface area contributed by atoms with Gasteiger partial charge in [-0.25, -0.2) is 0 Å². The Kier molecular flexibility index (Phi) is 5.15. The Balaban J connectivity index is 2.75.